The lowest BCUT2D eigenvalue weighted by Gasteiger charge is -2.17. The Balaban J connectivity index is 1.76. The second kappa shape index (κ2) is 7.22. The molecule has 24 heavy (non-hydrogen) atoms. The van der Waals surface area contributed by atoms with E-state index in [1.807, 2.05) is 38.1 Å². The molecule has 0 radical (unpaired) electrons. The maximum absolute atomic E-state index is 12.7. The number of amides is 1. The summed E-state index contributed by atoms with van der Waals surface area (Å²) in [6.07, 6.45) is 2.94. The number of aliphatic hydroxyl groups excluding tert-OH is 1. The minimum Gasteiger partial charge on any atom is -0.396 e. The van der Waals surface area contributed by atoms with Crippen LogP contribution in [0.1, 0.15) is 46.6 Å². The summed E-state index contributed by atoms with van der Waals surface area (Å²) in [6.45, 7) is 4.94. The van der Waals surface area contributed by atoms with E-state index in [1.165, 1.54) is 5.56 Å². The highest BCUT2D eigenvalue weighted by molar-refractivity contribution is 5.96. The summed E-state index contributed by atoms with van der Waals surface area (Å²) in [6, 6.07) is 12.3. The lowest BCUT2D eigenvalue weighted by Crippen LogP contribution is -2.37. The summed E-state index contributed by atoms with van der Waals surface area (Å²) < 4.78 is 2.18. The Bertz CT molecular complexity index is 702. The van der Waals surface area contributed by atoms with Crippen molar-refractivity contribution in [2.45, 2.75) is 45.7 Å². The SMILES string of the molecule is Cc1cc(C(=O)NC(CCO)C2CC2)c(C)n1Cc1ccccc1. The van der Waals surface area contributed by atoms with Gasteiger partial charge in [0.1, 0.15) is 0 Å². The molecule has 4 nitrogen and oxygen atoms in total. The molecule has 1 aliphatic carbocycles. The Morgan fingerprint density at radius 2 is 2.00 bits per heavy atom. The molecule has 4 heteroatoms. The maximum Gasteiger partial charge on any atom is 0.253 e. The van der Waals surface area contributed by atoms with Crippen LogP contribution in [0.2, 0.25) is 0 Å². The van der Waals surface area contributed by atoms with Crippen molar-refractivity contribution >= 4 is 5.91 Å². The molecular weight excluding hydrogens is 300 g/mol. The van der Waals surface area contributed by atoms with Gasteiger partial charge in [-0.3, -0.25) is 4.79 Å². The Hall–Kier alpha value is -2.07. The van der Waals surface area contributed by atoms with Gasteiger partial charge < -0.3 is 15.0 Å². The van der Waals surface area contributed by atoms with Crippen molar-refractivity contribution in [3.63, 3.8) is 0 Å². The van der Waals surface area contributed by atoms with E-state index in [9.17, 15) is 9.90 Å². The van der Waals surface area contributed by atoms with Crippen LogP contribution in [0.3, 0.4) is 0 Å². The molecule has 2 aromatic rings. The first-order valence-corrected chi connectivity index (χ1v) is 8.72. The summed E-state index contributed by atoms with van der Waals surface area (Å²) >= 11 is 0. The third-order valence-electron chi connectivity index (χ3n) is 4.95. The zero-order valence-corrected chi connectivity index (χ0v) is 14.5. The van der Waals surface area contributed by atoms with Gasteiger partial charge in [-0.25, -0.2) is 0 Å². The van der Waals surface area contributed by atoms with Gasteiger partial charge in [-0.2, -0.15) is 0 Å². The number of aromatic nitrogens is 1. The van der Waals surface area contributed by atoms with Crippen LogP contribution in [-0.2, 0) is 6.54 Å². The zero-order chi connectivity index (χ0) is 17.1. The average molecular weight is 326 g/mol. The molecule has 128 valence electrons. The highest BCUT2D eigenvalue weighted by Gasteiger charge is 2.32. The fraction of sp³-hybridized carbons (Fsp3) is 0.450. The van der Waals surface area contributed by atoms with Gasteiger partial charge in [0.05, 0.1) is 5.56 Å². The van der Waals surface area contributed by atoms with Crippen molar-refractivity contribution in [2.75, 3.05) is 6.61 Å². The van der Waals surface area contributed by atoms with E-state index < -0.39 is 0 Å². The first kappa shape index (κ1) is 16.8. The van der Waals surface area contributed by atoms with E-state index in [1.54, 1.807) is 0 Å². The smallest absolute Gasteiger partial charge is 0.253 e. The monoisotopic (exact) mass is 326 g/mol. The minimum atomic E-state index is -0.0206. The molecule has 1 aromatic heterocycles. The Kier molecular flexibility index (Phi) is 5.05. The van der Waals surface area contributed by atoms with E-state index in [0.29, 0.717) is 12.3 Å². The number of benzene rings is 1. The van der Waals surface area contributed by atoms with Crippen LogP contribution in [0, 0.1) is 19.8 Å². The predicted octanol–water partition coefficient (Wildman–Crippen LogP) is 3.04. The van der Waals surface area contributed by atoms with E-state index in [0.717, 1.165) is 36.3 Å². The van der Waals surface area contributed by atoms with Gasteiger partial charge in [0.15, 0.2) is 0 Å². The molecule has 0 bridgehead atoms. The molecule has 1 aliphatic rings. The maximum atomic E-state index is 12.7. The van der Waals surface area contributed by atoms with Gasteiger partial charge >= 0.3 is 0 Å². The Morgan fingerprint density at radius 1 is 1.29 bits per heavy atom. The molecule has 1 saturated carbocycles. The number of nitrogens with zero attached hydrogens (tertiary/aromatic N) is 1. The van der Waals surface area contributed by atoms with Crippen molar-refractivity contribution in [3.05, 3.63) is 58.9 Å². The number of carbonyl (C=O) groups is 1. The molecule has 0 aliphatic heterocycles. The van der Waals surface area contributed by atoms with E-state index in [4.69, 9.17) is 0 Å². The van der Waals surface area contributed by atoms with Crippen LogP contribution in [0.4, 0.5) is 0 Å². The highest BCUT2D eigenvalue weighted by Crippen LogP contribution is 2.34. The average Bonchev–Trinajstić information content (AvgIpc) is 3.38. The molecule has 1 aromatic carbocycles. The van der Waals surface area contributed by atoms with Gasteiger partial charge in [-0.1, -0.05) is 30.3 Å². The number of hydrogen-bond acceptors (Lipinski definition) is 2. The third-order valence-corrected chi connectivity index (χ3v) is 4.95. The number of rotatable bonds is 7. The van der Waals surface area contributed by atoms with E-state index >= 15 is 0 Å². The van der Waals surface area contributed by atoms with Crippen molar-refractivity contribution < 1.29 is 9.90 Å². The van der Waals surface area contributed by atoms with Crippen LogP contribution in [0.15, 0.2) is 36.4 Å². The van der Waals surface area contributed by atoms with Gasteiger partial charge in [0, 0.05) is 30.6 Å². The lowest BCUT2D eigenvalue weighted by atomic mass is 10.1. The fourth-order valence-corrected chi connectivity index (χ4v) is 3.35. The Morgan fingerprint density at radius 3 is 2.62 bits per heavy atom. The van der Waals surface area contributed by atoms with Crippen molar-refractivity contribution in [1.29, 1.82) is 0 Å². The van der Waals surface area contributed by atoms with Gasteiger partial charge in [-0.05, 0) is 50.7 Å². The summed E-state index contributed by atoms with van der Waals surface area (Å²) in [4.78, 5) is 12.7. The summed E-state index contributed by atoms with van der Waals surface area (Å²) in [7, 11) is 0. The molecule has 0 saturated heterocycles. The highest BCUT2D eigenvalue weighted by atomic mass is 16.3. The minimum absolute atomic E-state index is 0.0206. The van der Waals surface area contributed by atoms with Gasteiger partial charge in [-0.15, -0.1) is 0 Å². The van der Waals surface area contributed by atoms with E-state index in [2.05, 4.69) is 22.0 Å². The number of aliphatic hydroxyl groups is 1. The first-order chi connectivity index (χ1) is 11.6. The normalized spacial score (nSPS) is 15.3. The van der Waals surface area contributed by atoms with Gasteiger partial charge in [0.2, 0.25) is 0 Å². The number of carbonyl (C=O) groups excluding carboxylic acids is 1. The standard InChI is InChI=1S/C20H26N2O2/c1-14-12-18(20(24)21-19(10-11-23)17-8-9-17)15(2)22(14)13-16-6-4-3-5-7-16/h3-7,12,17,19,23H,8-11,13H2,1-2H3,(H,21,24). The summed E-state index contributed by atoms with van der Waals surface area (Å²) in [5, 5.41) is 12.3. The molecule has 1 amide bonds. The van der Waals surface area contributed by atoms with Crippen molar-refractivity contribution in [1.82, 2.24) is 9.88 Å². The third kappa shape index (κ3) is 3.70. The lowest BCUT2D eigenvalue weighted by molar-refractivity contribution is 0.0923. The second-order valence-electron chi connectivity index (χ2n) is 6.79. The van der Waals surface area contributed by atoms with Crippen molar-refractivity contribution in [2.24, 2.45) is 5.92 Å². The molecule has 1 heterocycles. The molecule has 1 unspecified atom stereocenters. The van der Waals surface area contributed by atoms with E-state index in [-0.39, 0.29) is 18.6 Å². The van der Waals surface area contributed by atoms with Gasteiger partial charge in [0.25, 0.3) is 5.91 Å². The number of hydrogen-bond donors (Lipinski definition) is 2. The van der Waals surface area contributed by atoms with Crippen LogP contribution in [0.5, 0.6) is 0 Å². The summed E-state index contributed by atoms with van der Waals surface area (Å²) in [5.74, 6) is 0.515. The molecule has 1 fully saturated rings. The Labute approximate surface area is 143 Å². The van der Waals surface area contributed by atoms with Crippen LogP contribution in [0.25, 0.3) is 0 Å². The number of nitrogens with one attached hydrogen (secondary N) is 1. The topological polar surface area (TPSA) is 54.3 Å². The molecule has 1 atom stereocenters. The summed E-state index contributed by atoms with van der Waals surface area (Å²) in [5.41, 5.74) is 4.05. The fourth-order valence-electron chi connectivity index (χ4n) is 3.35. The van der Waals surface area contributed by atoms with Crippen LogP contribution in [-0.4, -0.2) is 28.2 Å². The van der Waals surface area contributed by atoms with Crippen molar-refractivity contribution in [3.8, 4) is 0 Å². The molecule has 0 spiro atoms. The molecule has 3 rings (SSSR count). The predicted molar refractivity (Wildman–Crippen MR) is 95.1 cm³/mol. The largest absolute Gasteiger partial charge is 0.396 e. The molecular formula is C20H26N2O2. The molecule has 2 N–H and O–H groups in total. The number of aryl methyl sites for hydroxylation is 1. The van der Waals surface area contributed by atoms with Crippen LogP contribution < -0.4 is 5.32 Å². The zero-order valence-electron chi connectivity index (χ0n) is 14.5. The quantitative estimate of drug-likeness (QED) is 0.822. The van der Waals surface area contributed by atoms with Crippen LogP contribution >= 0.6 is 0 Å². The first-order valence-electron chi connectivity index (χ1n) is 8.72. The second-order valence-corrected chi connectivity index (χ2v) is 6.79.